The molecule has 0 atom stereocenters. The van der Waals surface area contributed by atoms with E-state index in [-0.39, 0.29) is 11.2 Å². The summed E-state index contributed by atoms with van der Waals surface area (Å²) in [5.41, 5.74) is 7.43. The Labute approximate surface area is 149 Å². The molecule has 3 heteroatoms. The van der Waals surface area contributed by atoms with Gasteiger partial charge in [0.05, 0.1) is 0 Å². The number of halogens is 1. The molecule has 2 nitrogen and oxygen atoms in total. The van der Waals surface area contributed by atoms with Crippen molar-refractivity contribution in [3.05, 3.63) is 65.1 Å². The predicted octanol–water partition coefficient (Wildman–Crippen LogP) is 5.81. The maximum absolute atomic E-state index is 13.9. The topological polar surface area (TPSA) is 17.8 Å². The molecule has 25 heavy (non-hydrogen) atoms. The summed E-state index contributed by atoms with van der Waals surface area (Å²) in [4.78, 5) is 0. The SMILES string of the molecule is Cc1cccc(C)c1-c1cn(C)nc1-c1ccc(F)cc1C(C)(C)C. The summed E-state index contributed by atoms with van der Waals surface area (Å²) in [6, 6.07) is 11.3. The standard InChI is InChI=1S/C22H25FN2/c1-14-8-7-9-15(2)20(14)18-13-25(6)24-21(18)17-11-10-16(23)12-19(17)22(3,4)5/h7-13H,1-6H3. The van der Waals surface area contributed by atoms with E-state index in [1.54, 1.807) is 6.07 Å². The molecule has 1 aromatic heterocycles. The molecule has 0 spiro atoms. The highest BCUT2D eigenvalue weighted by atomic mass is 19.1. The Balaban J connectivity index is 2.32. The van der Waals surface area contributed by atoms with Crippen molar-refractivity contribution in [2.75, 3.05) is 0 Å². The van der Waals surface area contributed by atoms with Gasteiger partial charge in [0, 0.05) is 24.4 Å². The average molecular weight is 336 g/mol. The van der Waals surface area contributed by atoms with Crippen molar-refractivity contribution in [2.24, 2.45) is 7.05 Å². The Hall–Kier alpha value is -2.42. The van der Waals surface area contributed by atoms with Crippen LogP contribution in [0.15, 0.2) is 42.6 Å². The molecular formula is C22H25FN2. The lowest BCUT2D eigenvalue weighted by molar-refractivity contribution is 0.573. The third kappa shape index (κ3) is 3.23. The maximum Gasteiger partial charge on any atom is 0.123 e. The number of aromatic nitrogens is 2. The molecule has 3 aromatic rings. The first-order chi connectivity index (χ1) is 11.7. The maximum atomic E-state index is 13.9. The lowest BCUT2D eigenvalue weighted by Crippen LogP contribution is -2.13. The zero-order valence-corrected chi connectivity index (χ0v) is 15.8. The summed E-state index contributed by atoms with van der Waals surface area (Å²) in [6.07, 6.45) is 2.06. The van der Waals surface area contributed by atoms with Gasteiger partial charge in [0.15, 0.2) is 0 Å². The van der Waals surface area contributed by atoms with E-state index in [9.17, 15) is 4.39 Å². The van der Waals surface area contributed by atoms with Crippen molar-refractivity contribution in [2.45, 2.75) is 40.0 Å². The van der Waals surface area contributed by atoms with Crippen LogP contribution < -0.4 is 0 Å². The van der Waals surface area contributed by atoms with Gasteiger partial charge in [-0.25, -0.2) is 4.39 Å². The second-order valence-electron chi connectivity index (χ2n) is 7.77. The van der Waals surface area contributed by atoms with Gasteiger partial charge in [-0.2, -0.15) is 5.10 Å². The first-order valence-electron chi connectivity index (χ1n) is 8.59. The highest BCUT2D eigenvalue weighted by Gasteiger charge is 2.24. The first-order valence-corrected chi connectivity index (χ1v) is 8.59. The Morgan fingerprint density at radius 2 is 1.60 bits per heavy atom. The monoisotopic (exact) mass is 336 g/mol. The second-order valence-corrected chi connectivity index (χ2v) is 7.77. The van der Waals surface area contributed by atoms with Crippen LogP contribution in [0.5, 0.6) is 0 Å². The quantitative estimate of drug-likeness (QED) is 0.577. The van der Waals surface area contributed by atoms with Crippen LogP contribution >= 0.6 is 0 Å². The highest BCUT2D eigenvalue weighted by molar-refractivity contribution is 5.85. The Kier molecular flexibility index (Phi) is 4.28. The molecule has 0 radical (unpaired) electrons. The Morgan fingerprint density at radius 3 is 2.20 bits per heavy atom. The minimum absolute atomic E-state index is 0.174. The van der Waals surface area contributed by atoms with Crippen LogP contribution in [0, 0.1) is 19.7 Å². The average Bonchev–Trinajstić information content (AvgIpc) is 2.87. The third-order valence-electron chi connectivity index (χ3n) is 4.62. The molecule has 0 aliphatic carbocycles. The van der Waals surface area contributed by atoms with E-state index in [0.29, 0.717) is 0 Å². The molecule has 3 rings (SSSR count). The minimum atomic E-state index is -0.210. The fourth-order valence-corrected chi connectivity index (χ4v) is 3.45. The Morgan fingerprint density at radius 1 is 0.960 bits per heavy atom. The van der Waals surface area contributed by atoms with Gasteiger partial charge >= 0.3 is 0 Å². The van der Waals surface area contributed by atoms with Crippen LogP contribution in [-0.4, -0.2) is 9.78 Å². The van der Waals surface area contributed by atoms with Gasteiger partial charge in [-0.1, -0.05) is 39.0 Å². The van der Waals surface area contributed by atoms with E-state index >= 15 is 0 Å². The van der Waals surface area contributed by atoms with Gasteiger partial charge in [0.2, 0.25) is 0 Å². The Bertz CT molecular complexity index is 909. The van der Waals surface area contributed by atoms with Gasteiger partial charge in [0.25, 0.3) is 0 Å². The molecule has 0 saturated heterocycles. The number of nitrogens with zero attached hydrogens (tertiary/aromatic N) is 2. The molecule has 0 aliphatic rings. The number of hydrogen-bond donors (Lipinski definition) is 0. The molecule has 1 heterocycles. The van der Waals surface area contributed by atoms with E-state index in [1.807, 2.05) is 17.8 Å². The van der Waals surface area contributed by atoms with Gasteiger partial charge in [-0.15, -0.1) is 0 Å². The number of aryl methyl sites for hydroxylation is 3. The van der Waals surface area contributed by atoms with Crippen molar-refractivity contribution < 1.29 is 4.39 Å². The van der Waals surface area contributed by atoms with Gasteiger partial charge < -0.3 is 0 Å². The minimum Gasteiger partial charge on any atom is -0.275 e. The van der Waals surface area contributed by atoms with E-state index in [4.69, 9.17) is 5.10 Å². The number of benzene rings is 2. The summed E-state index contributed by atoms with van der Waals surface area (Å²) < 4.78 is 15.8. The van der Waals surface area contributed by atoms with E-state index in [2.05, 4.69) is 59.0 Å². The fourth-order valence-electron chi connectivity index (χ4n) is 3.45. The summed E-state index contributed by atoms with van der Waals surface area (Å²) in [6.45, 7) is 10.6. The van der Waals surface area contributed by atoms with Gasteiger partial charge in [0.1, 0.15) is 11.5 Å². The summed E-state index contributed by atoms with van der Waals surface area (Å²) >= 11 is 0. The number of hydrogen-bond acceptors (Lipinski definition) is 1. The molecule has 0 N–H and O–H groups in total. The third-order valence-corrected chi connectivity index (χ3v) is 4.62. The molecule has 0 saturated carbocycles. The van der Waals surface area contributed by atoms with Crippen molar-refractivity contribution >= 4 is 0 Å². The van der Waals surface area contributed by atoms with Crippen LogP contribution in [0.1, 0.15) is 37.5 Å². The molecule has 0 aliphatic heterocycles. The molecular weight excluding hydrogens is 311 g/mol. The fraction of sp³-hybridized carbons (Fsp3) is 0.318. The largest absolute Gasteiger partial charge is 0.275 e. The highest BCUT2D eigenvalue weighted by Crippen LogP contribution is 2.39. The van der Waals surface area contributed by atoms with Crippen molar-refractivity contribution in [1.82, 2.24) is 9.78 Å². The predicted molar refractivity (Wildman–Crippen MR) is 102 cm³/mol. The molecule has 0 amide bonds. The summed E-state index contributed by atoms with van der Waals surface area (Å²) in [5.74, 6) is -0.210. The van der Waals surface area contributed by atoms with Gasteiger partial charge in [-0.3, -0.25) is 4.68 Å². The zero-order chi connectivity index (χ0) is 18.4. The molecule has 0 bridgehead atoms. The van der Waals surface area contributed by atoms with Gasteiger partial charge in [-0.05, 0) is 59.7 Å². The van der Waals surface area contributed by atoms with Crippen molar-refractivity contribution in [3.8, 4) is 22.4 Å². The zero-order valence-electron chi connectivity index (χ0n) is 15.8. The van der Waals surface area contributed by atoms with Crippen LogP contribution in [0.25, 0.3) is 22.4 Å². The second kappa shape index (κ2) is 6.14. The normalized spacial score (nSPS) is 11.8. The van der Waals surface area contributed by atoms with E-state index in [1.165, 1.54) is 22.8 Å². The summed E-state index contributed by atoms with van der Waals surface area (Å²) in [5, 5.41) is 4.74. The first kappa shape index (κ1) is 17.4. The lowest BCUT2D eigenvalue weighted by Gasteiger charge is -2.23. The molecule has 130 valence electrons. The van der Waals surface area contributed by atoms with Crippen LogP contribution in [0.3, 0.4) is 0 Å². The van der Waals surface area contributed by atoms with Crippen molar-refractivity contribution in [3.63, 3.8) is 0 Å². The van der Waals surface area contributed by atoms with Crippen LogP contribution in [-0.2, 0) is 12.5 Å². The van der Waals surface area contributed by atoms with Crippen LogP contribution in [0.2, 0.25) is 0 Å². The molecule has 0 unspecified atom stereocenters. The molecule has 2 aromatic carbocycles. The van der Waals surface area contributed by atoms with Crippen LogP contribution in [0.4, 0.5) is 4.39 Å². The smallest absolute Gasteiger partial charge is 0.123 e. The van der Waals surface area contributed by atoms with E-state index in [0.717, 1.165) is 22.4 Å². The lowest BCUT2D eigenvalue weighted by atomic mass is 9.81. The molecule has 0 fully saturated rings. The number of rotatable bonds is 2. The van der Waals surface area contributed by atoms with Crippen molar-refractivity contribution in [1.29, 1.82) is 0 Å². The van der Waals surface area contributed by atoms with E-state index < -0.39 is 0 Å². The summed E-state index contributed by atoms with van der Waals surface area (Å²) in [7, 11) is 1.93.